The molecular weight excluding hydrogens is 390 g/mol. The number of carbonyl (C=O) groups excluding carboxylic acids is 5. The van der Waals surface area contributed by atoms with Crippen LogP contribution >= 0.6 is 0 Å². The second kappa shape index (κ2) is 9.51. The molecule has 9 nitrogen and oxygen atoms in total. The fraction of sp³-hybridized carbons (Fsp3) is 0.476. The van der Waals surface area contributed by atoms with Crippen molar-refractivity contribution < 1.29 is 28.7 Å². The maximum absolute atomic E-state index is 12.6. The minimum Gasteiger partial charge on any atom is -0.456 e. The Balaban J connectivity index is 1.88. The van der Waals surface area contributed by atoms with Crippen LogP contribution in [0.25, 0.3) is 0 Å². The minimum absolute atomic E-state index is 0.233. The van der Waals surface area contributed by atoms with E-state index in [9.17, 15) is 24.0 Å². The van der Waals surface area contributed by atoms with Crippen LogP contribution in [-0.4, -0.2) is 53.2 Å². The van der Waals surface area contributed by atoms with Gasteiger partial charge >= 0.3 is 12.0 Å². The quantitative estimate of drug-likeness (QED) is 0.361. The van der Waals surface area contributed by atoms with Gasteiger partial charge in [0.1, 0.15) is 12.1 Å². The lowest BCUT2D eigenvalue weighted by Crippen LogP contribution is -2.44. The number of rotatable bonds is 9. The van der Waals surface area contributed by atoms with Gasteiger partial charge < -0.3 is 15.4 Å². The smallest absolute Gasteiger partial charge is 0.326 e. The number of hydrogen-bond acceptors (Lipinski definition) is 6. The van der Waals surface area contributed by atoms with Gasteiger partial charge in [0.25, 0.3) is 5.91 Å². The van der Waals surface area contributed by atoms with Crippen LogP contribution in [-0.2, 0) is 19.1 Å². The SMILES string of the molecule is CC(=O)Nc1ccc(C(=O)COC(=O)CN2C(=O)N[C@@](C)(CCC(C)C)C2=O)cc1. The molecule has 0 radical (unpaired) electrons. The molecule has 0 aromatic heterocycles. The van der Waals surface area contributed by atoms with E-state index in [0.717, 1.165) is 11.3 Å². The summed E-state index contributed by atoms with van der Waals surface area (Å²) in [6.07, 6.45) is 1.21. The highest BCUT2D eigenvalue weighted by Crippen LogP contribution is 2.24. The molecule has 1 aliphatic rings. The molecule has 1 aromatic carbocycles. The van der Waals surface area contributed by atoms with Gasteiger partial charge in [-0.25, -0.2) is 4.79 Å². The molecule has 0 bridgehead atoms. The first-order valence-electron chi connectivity index (χ1n) is 9.72. The van der Waals surface area contributed by atoms with Gasteiger partial charge in [-0.3, -0.25) is 24.1 Å². The van der Waals surface area contributed by atoms with Crippen LogP contribution in [0.1, 0.15) is 50.9 Å². The van der Waals surface area contributed by atoms with Crippen molar-refractivity contribution in [1.29, 1.82) is 0 Å². The zero-order valence-corrected chi connectivity index (χ0v) is 17.6. The predicted molar refractivity (Wildman–Crippen MR) is 109 cm³/mol. The molecule has 0 spiro atoms. The molecule has 1 atom stereocenters. The number of imide groups is 1. The van der Waals surface area contributed by atoms with E-state index in [1.54, 1.807) is 19.1 Å². The van der Waals surface area contributed by atoms with Gasteiger partial charge in [0.2, 0.25) is 5.91 Å². The van der Waals surface area contributed by atoms with Gasteiger partial charge in [-0.15, -0.1) is 0 Å². The Hall–Kier alpha value is -3.23. The van der Waals surface area contributed by atoms with Crippen molar-refractivity contribution in [2.24, 2.45) is 5.92 Å². The number of urea groups is 1. The maximum atomic E-state index is 12.6. The van der Waals surface area contributed by atoms with E-state index in [1.165, 1.54) is 19.1 Å². The summed E-state index contributed by atoms with van der Waals surface area (Å²) in [5.41, 5.74) is -0.212. The maximum Gasteiger partial charge on any atom is 0.326 e. The topological polar surface area (TPSA) is 122 Å². The van der Waals surface area contributed by atoms with Gasteiger partial charge in [-0.05, 0) is 49.9 Å². The first kappa shape index (κ1) is 23.1. The highest BCUT2D eigenvalue weighted by atomic mass is 16.5. The van der Waals surface area contributed by atoms with Crippen LogP contribution in [0.15, 0.2) is 24.3 Å². The van der Waals surface area contributed by atoms with Crippen molar-refractivity contribution in [2.75, 3.05) is 18.5 Å². The van der Waals surface area contributed by atoms with E-state index >= 15 is 0 Å². The zero-order valence-electron chi connectivity index (χ0n) is 17.6. The number of nitrogens with one attached hydrogen (secondary N) is 2. The normalized spacial score (nSPS) is 18.4. The number of esters is 1. The Kier molecular flexibility index (Phi) is 7.31. The largest absolute Gasteiger partial charge is 0.456 e. The molecule has 2 N–H and O–H groups in total. The third-order valence-corrected chi connectivity index (χ3v) is 4.75. The number of ether oxygens (including phenoxy) is 1. The number of carbonyl (C=O) groups is 5. The average molecular weight is 417 g/mol. The van der Waals surface area contributed by atoms with E-state index in [1.807, 2.05) is 13.8 Å². The van der Waals surface area contributed by atoms with E-state index < -0.39 is 42.4 Å². The third kappa shape index (κ3) is 5.88. The molecule has 1 heterocycles. The molecule has 4 amide bonds. The summed E-state index contributed by atoms with van der Waals surface area (Å²) >= 11 is 0. The van der Waals surface area contributed by atoms with Crippen LogP contribution in [0.4, 0.5) is 10.5 Å². The number of Topliss-reactive ketones (excluding diaryl/α,β-unsaturated/α-hetero) is 1. The van der Waals surface area contributed by atoms with Crippen molar-refractivity contribution in [3.05, 3.63) is 29.8 Å². The lowest BCUT2D eigenvalue weighted by atomic mass is 9.92. The van der Waals surface area contributed by atoms with Gasteiger partial charge in [0.05, 0.1) is 0 Å². The van der Waals surface area contributed by atoms with Gasteiger partial charge in [0.15, 0.2) is 12.4 Å². The zero-order chi connectivity index (χ0) is 22.5. The van der Waals surface area contributed by atoms with Crippen LogP contribution in [0.2, 0.25) is 0 Å². The number of nitrogens with zero attached hydrogens (tertiary/aromatic N) is 1. The highest BCUT2D eigenvalue weighted by molar-refractivity contribution is 6.08. The van der Waals surface area contributed by atoms with E-state index in [0.29, 0.717) is 23.6 Å². The summed E-state index contributed by atoms with van der Waals surface area (Å²) < 4.78 is 4.95. The van der Waals surface area contributed by atoms with Gasteiger partial charge in [0, 0.05) is 18.2 Å². The number of anilines is 1. The number of ketones is 1. The molecule has 0 unspecified atom stereocenters. The van der Waals surface area contributed by atoms with Gasteiger partial charge in [-0.1, -0.05) is 13.8 Å². The molecule has 0 aliphatic carbocycles. The lowest BCUT2D eigenvalue weighted by molar-refractivity contribution is -0.146. The molecular formula is C21H27N3O6. The van der Waals surface area contributed by atoms with Crippen molar-refractivity contribution in [1.82, 2.24) is 10.2 Å². The summed E-state index contributed by atoms with van der Waals surface area (Å²) in [5, 5.41) is 5.21. The van der Waals surface area contributed by atoms with E-state index in [4.69, 9.17) is 4.74 Å². The monoisotopic (exact) mass is 417 g/mol. The van der Waals surface area contributed by atoms with Crippen molar-refractivity contribution >= 4 is 35.3 Å². The summed E-state index contributed by atoms with van der Waals surface area (Å²) in [5.74, 6) is -1.65. The second-order valence-corrected chi connectivity index (χ2v) is 7.93. The van der Waals surface area contributed by atoms with E-state index in [-0.39, 0.29) is 5.91 Å². The first-order chi connectivity index (χ1) is 14.0. The van der Waals surface area contributed by atoms with Gasteiger partial charge in [-0.2, -0.15) is 0 Å². The highest BCUT2D eigenvalue weighted by Gasteiger charge is 2.48. The van der Waals surface area contributed by atoms with Crippen LogP contribution < -0.4 is 10.6 Å². The van der Waals surface area contributed by atoms with Crippen LogP contribution in [0.5, 0.6) is 0 Å². The number of benzene rings is 1. The molecule has 9 heteroatoms. The summed E-state index contributed by atoms with van der Waals surface area (Å²) in [7, 11) is 0. The standard InChI is InChI=1S/C21H27N3O6/c1-13(2)9-10-21(4)19(28)24(20(29)23-21)11-18(27)30-12-17(26)15-5-7-16(8-6-15)22-14(3)25/h5-8,13H,9-12H2,1-4H3,(H,22,25)(H,23,29)/t21-/m0/s1. The molecule has 2 rings (SSSR count). The summed E-state index contributed by atoms with van der Waals surface area (Å²) in [4.78, 5) is 60.8. The van der Waals surface area contributed by atoms with E-state index in [2.05, 4.69) is 10.6 Å². The van der Waals surface area contributed by atoms with Crippen molar-refractivity contribution in [3.63, 3.8) is 0 Å². The second-order valence-electron chi connectivity index (χ2n) is 7.93. The molecule has 0 saturated carbocycles. The number of amides is 4. The predicted octanol–water partition coefficient (Wildman–Crippen LogP) is 2.12. The Morgan fingerprint density at radius 3 is 2.37 bits per heavy atom. The lowest BCUT2D eigenvalue weighted by Gasteiger charge is -2.22. The Labute approximate surface area is 175 Å². The summed E-state index contributed by atoms with van der Waals surface area (Å²) in [6.45, 7) is 5.96. The van der Waals surface area contributed by atoms with Crippen molar-refractivity contribution in [2.45, 2.75) is 46.1 Å². The Morgan fingerprint density at radius 1 is 1.17 bits per heavy atom. The Morgan fingerprint density at radius 2 is 1.80 bits per heavy atom. The fourth-order valence-corrected chi connectivity index (χ4v) is 2.98. The number of hydrogen-bond donors (Lipinski definition) is 2. The van der Waals surface area contributed by atoms with Crippen LogP contribution in [0, 0.1) is 5.92 Å². The molecule has 1 saturated heterocycles. The van der Waals surface area contributed by atoms with Crippen molar-refractivity contribution in [3.8, 4) is 0 Å². The minimum atomic E-state index is -1.05. The van der Waals surface area contributed by atoms with Crippen LogP contribution in [0.3, 0.4) is 0 Å². The fourth-order valence-electron chi connectivity index (χ4n) is 2.98. The molecule has 162 valence electrons. The molecule has 1 aromatic rings. The third-order valence-electron chi connectivity index (χ3n) is 4.75. The first-order valence-corrected chi connectivity index (χ1v) is 9.72. The average Bonchev–Trinajstić information content (AvgIpc) is 2.88. The Bertz CT molecular complexity index is 849. The molecule has 1 aliphatic heterocycles. The molecule has 30 heavy (non-hydrogen) atoms. The molecule has 1 fully saturated rings. The summed E-state index contributed by atoms with van der Waals surface area (Å²) in [6, 6.07) is 5.46.